The maximum Gasteiger partial charge on any atom is 0.339 e. The van der Waals surface area contributed by atoms with Gasteiger partial charge in [0.05, 0.1) is 0 Å². The zero-order valence-corrected chi connectivity index (χ0v) is 20.1. The van der Waals surface area contributed by atoms with Crippen molar-refractivity contribution in [3.8, 4) is 11.5 Å². The van der Waals surface area contributed by atoms with Gasteiger partial charge in [-0.25, -0.2) is 4.79 Å². The standard InChI is InChI=1S/C31H29NO4/c33-28(21-5-11-25(12-6-21)36-27-4-2-1-3-26(27)29(34)35)32-24-9-7-22(8-10-24)31-17-20-13-19-14-23(18-31)30(31,15-19)16-20/h1-12,19-20,23H,13-18H2,(H,32,33)(H,34,35). The highest BCUT2D eigenvalue weighted by molar-refractivity contribution is 6.04. The van der Waals surface area contributed by atoms with Gasteiger partial charge in [0.25, 0.3) is 5.91 Å². The predicted octanol–water partition coefficient (Wildman–Crippen LogP) is 6.90. The number of carboxylic acids is 1. The molecule has 3 bridgehead atoms. The molecule has 0 saturated heterocycles. The summed E-state index contributed by atoms with van der Waals surface area (Å²) in [5.74, 6) is 2.33. The first-order valence-electron chi connectivity index (χ1n) is 13.0. The van der Waals surface area contributed by atoms with Crippen molar-refractivity contribution in [2.75, 3.05) is 5.32 Å². The molecule has 36 heavy (non-hydrogen) atoms. The Bertz CT molecular complexity index is 1360. The van der Waals surface area contributed by atoms with Gasteiger partial charge in [0.1, 0.15) is 17.1 Å². The van der Waals surface area contributed by atoms with Gasteiger partial charge in [-0.2, -0.15) is 0 Å². The van der Waals surface area contributed by atoms with Crippen LogP contribution in [-0.4, -0.2) is 17.0 Å². The number of rotatable bonds is 6. The Balaban J connectivity index is 1.04. The smallest absolute Gasteiger partial charge is 0.339 e. The number of amides is 1. The van der Waals surface area contributed by atoms with Gasteiger partial charge >= 0.3 is 5.97 Å². The Morgan fingerprint density at radius 3 is 2.36 bits per heavy atom. The summed E-state index contributed by atoms with van der Waals surface area (Å²) in [5.41, 5.74) is 3.83. The Kier molecular flexibility index (Phi) is 4.63. The van der Waals surface area contributed by atoms with E-state index in [0.29, 0.717) is 22.1 Å². The average Bonchev–Trinajstić information content (AvgIpc) is 3.20. The molecule has 4 fully saturated rings. The summed E-state index contributed by atoms with van der Waals surface area (Å²) in [4.78, 5) is 24.3. The van der Waals surface area contributed by atoms with E-state index in [9.17, 15) is 14.7 Å². The van der Waals surface area contributed by atoms with Crippen molar-refractivity contribution in [3.63, 3.8) is 0 Å². The summed E-state index contributed by atoms with van der Waals surface area (Å²) in [6.45, 7) is 0. The van der Waals surface area contributed by atoms with Crippen molar-refractivity contribution >= 4 is 17.6 Å². The van der Waals surface area contributed by atoms with Crippen molar-refractivity contribution in [3.05, 3.63) is 89.5 Å². The lowest BCUT2D eigenvalue weighted by molar-refractivity contribution is -0.0355. The van der Waals surface area contributed by atoms with E-state index < -0.39 is 5.97 Å². The molecule has 1 amide bonds. The third-order valence-corrected chi connectivity index (χ3v) is 9.71. The minimum Gasteiger partial charge on any atom is -0.478 e. The molecule has 182 valence electrons. The lowest BCUT2D eigenvalue weighted by atomic mass is 9.44. The number of aromatic carboxylic acids is 1. The summed E-state index contributed by atoms with van der Waals surface area (Å²) in [5, 5.41) is 12.3. The van der Waals surface area contributed by atoms with Crippen LogP contribution in [0.15, 0.2) is 72.8 Å². The molecule has 4 aliphatic carbocycles. The van der Waals surface area contributed by atoms with Crippen molar-refractivity contribution in [2.45, 2.75) is 43.9 Å². The molecule has 3 aromatic carbocycles. The molecule has 5 unspecified atom stereocenters. The summed E-state index contributed by atoms with van der Waals surface area (Å²) in [6, 6.07) is 21.8. The first-order chi connectivity index (χ1) is 17.5. The fourth-order valence-electron chi connectivity index (χ4n) is 8.51. The first-order valence-corrected chi connectivity index (χ1v) is 13.0. The van der Waals surface area contributed by atoms with Gasteiger partial charge in [-0.3, -0.25) is 4.79 Å². The molecule has 0 aliphatic heterocycles. The molecule has 4 aliphatic rings. The third kappa shape index (κ3) is 3.08. The Morgan fingerprint density at radius 1 is 0.833 bits per heavy atom. The molecule has 5 atom stereocenters. The SMILES string of the molecule is O=C(Nc1ccc(C23CC4CC5CC(C2)C3(C5)C4)cc1)c1ccc(Oc2ccccc2C(=O)O)cc1. The van der Waals surface area contributed by atoms with Crippen LogP contribution in [0, 0.1) is 23.2 Å². The number of fused-ring (bicyclic) bond motifs is 2. The minimum atomic E-state index is -1.05. The van der Waals surface area contributed by atoms with E-state index in [1.165, 1.54) is 50.2 Å². The topological polar surface area (TPSA) is 75.6 Å². The maximum atomic E-state index is 12.9. The van der Waals surface area contributed by atoms with Gasteiger partial charge in [-0.15, -0.1) is 0 Å². The van der Waals surface area contributed by atoms with Crippen LogP contribution in [-0.2, 0) is 5.41 Å². The number of carboxylic acid groups (broad SMARTS) is 1. The zero-order valence-electron chi connectivity index (χ0n) is 20.1. The third-order valence-electron chi connectivity index (χ3n) is 9.71. The number of carbonyl (C=O) groups is 2. The largest absolute Gasteiger partial charge is 0.478 e. The van der Waals surface area contributed by atoms with Crippen LogP contribution in [0.5, 0.6) is 11.5 Å². The van der Waals surface area contributed by atoms with Gasteiger partial charge < -0.3 is 15.2 Å². The van der Waals surface area contributed by atoms with Crippen LogP contribution in [0.25, 0.3) is 0 Å². The van der Waals surface area contributed by atoms with E-state index in [2.05, 4.69) is 29.6 Å². The molecular formula is C31H29NO4. The molecule has 4 saturated carbocycles. The second kappa shape index (κ2) is 7.70. The van der Waals surface area contributed by atoms with Gasteiger partial charge in [0.2, 0.25) is 0 Å². The lowest BCUT2D eigenvalue weighted by Gasteiger charge is -2.59. The van der Waals surface area contributed by atoms with Crippen molar-refractivity contribution < 1.29 is 19.4 Å². The Morgan fingerprint density at radius 2 is 1.58 bits per heavy atom. The van der Waals surface area contributed by atoms with Crippen molar-refractivity contribution in [1.82, 2.24) is 0 Å². The number of anilines is 1. The number of benzene rings is 3. The highest BCUT2D eigenvalue weighted by Gasteiger charge is 2.74. The maximum absolute atomic E-state index is 12.9. The molecule has 0 aromatic heterocycles. The number of hydrogen-bond donors (Lipinski definition) is 2. The number of carbonyl (C=O) groups excluding carboxylic acids is 1. The summed E-state index contributed by atoms with van der Waals surface area (Å²) in [7, 11) is 0. The molecule has 3 aromatic rings. The van der Waals surface area contributed by atoms with Crippen LogP contribution in [0.4, 0.5) is 5.69 Å². The monoisotopic (exact) mass is 479 g/mol. The number of nitrogens with one attached hydrogen (secondary N) is 1. The van der Waals surface area contributed by atoms with Crippen LogP contribution in [0.3, 0.4) is 0 Å². The Hall–Kier alpha value is -3.60. The van der Waals surface area contributed by atoms with E-state index >= 15 is 0 Å². The molecule has 1 spiro atoms. The second-order valence-electron chi connectivity index (χ2n) is 11.4. The molecule has 7 rings (SSSR count). The van der Waals surface area contributed by atoms with E-state index in [0.717, 1.165) is 23.4 Å². The molecule has 5 heteroatoms. The van der Waals surface area contributed by atoms with E-state index in [1.54, 1.807) is 42.5 Å². The van der Waals surface area contributed by atoms with Crippen LogP contribution in [0.2, 0.25) is 0 Å². The fraction of sp³-hybridized carbons (Fsp3) is 0.355. The van der Waals surface area contributed by atoms with Crippen molar-refractivity contribution in [1.29, 1.82) is 0 Å². The van der Waals surface area contributed by atoms with Crippen molar-refractivity contribution in [2.24, 2.45) is 23.2 Å². The number of ether oxygens (including phenoxy) is 1. The van der Waals surface area contributed by atoms with E-state index in [1.807, 2.05) is 0 Å². The molecule has 2 N–H and O–H groups in total. The Labute approximate surface area is 210 Å². The van der Waals surface area contributed by atoms with Crippen LogP contribution in [0.1, 0.15) is 64.8 Å². The molecular weight excluding hydrogens is 450 g/mol. The molecule has 0 heterocycles. The quantitative estimate of drug-likeness (QED) is 0.403. The molecule has 5 nitrogen and oxygen atoms in total. The summed E-state index contributed by atoms with van der Waals surface area (Å²) in [6.07, 6.45) is 8.50. The summed E-state index contributed by atoms with van der Waals surface area (Å²) < 4.78 is 5.74. The molecule has 0 radical (unpaired) electrons. The average molecular weight is 480 g/mol. The minimum absolute atomic E-state index is 0.0909. The van der Waals surface area contributed by atoms with E-state index in [-0.39, 0.29) is 17.2 Å². The number of hydrogen-bond acceptors (Lipinski definition) is 3. The van der Waals surface area contributed by atoms with Gasteiger partial charge in [0.15, 0.2) is 0 Å². The normalized spacial score (nSPS) is 30.9. The predicted molar refractivity (Wildman–Crippen MR) is 137 cm³/mol. The summed E-state index contributed by atoms with van der Waals surface area (Å²) >= 11 is 0. The number of para-hydroxylation sites is 1. The second-order valence-corrected chi connectivity index (χ2v) is 11.4. The van der Waals surface area contributed by atoms with E-state index in [4.69, 9.17) is 4.74 Å². The zero-order chi connectivity index (χ0) is 24.5. The highest BCUT2D eigenvalue weighted by atomic mass is 16.5. The lowest BCUT2D eigenvalue weighted by Crippen LogP contribution is -2.55. The van der Waals surface area contributed by atoms with Gasteiger partial charge in [-0.05, 0) is 116 Å². The van der Waals surface area contributed by atoms with Crippen LogP contribution >= 0.6 is 0 Å². The van der Waals surface area contributed by atoms with Gasteiger partial charge in [-0.1, -0.05) is 24.3 Å². The highest BCUT2D eigenvalue weighted by Crippen LogP contribution is 2.81. The van der Waals surface area contributed by atoms with Crippen LogP contribution < -0.4 is 10.1 Å². The van der Waals surface area contributed by atoms with Gasteiger partial charge in [0, 0.05) is 16.7 Å². The first kappa shape index (κ1) is 21.7. The fourth-order valence-corrected chi connectivity index (χ4v) is 8.51.